The molecule has 16 heavy (non-hydrogen) atoms. The summed E-state index contributed by atoms with van der Waals surface area (Å²) in [6.07, 6.45) is 6.10. The molecule has 1 aliphatic carbocycles. The second-order valence-corrected chi connectivity index (χ2v) is 5.68. The van der Waals surface area contributed by atoms with Gasteiger partial charge in [-0.25, -0.2) is 0 Å². The van der Waals surface area contributed by atoms with Gasteiger partial charge in [0.25, 0.3) is 0 Å². The zero-order valence-corrected chi connectivity index (χ0v) is 10.6. The Bertz CT molecular complexity index is 259. The van der Waals surface area contributed by atoms with Gasteiger partial charge in [-0.3, -0.25) is 4.79 Å². The van der Waals surface area contributed by atoms with Crippen LogP contribution < -0.4 is 5.32 Å². The Morgan fingerprint density at radius 1 is 1.44 bits per heavy atom. The highest BCUT2D eigenvalue weighted by Gasteiger charge is 2.37. The standard InChI is InChI=1S/C13H24N2O/c1-3-14-11-6-4-9-15(12(11)16)10-13(2)7-5-8-13/h11,14H,3-10H2,1-2H3. The number of likely N-dealkylation sites (tertiary alicyclic amines) is 1. The maximum absolute atomic E-state index is 12.2. The van der Waals surface area contributed by atoms with Crippen molar-refractivity contribution >= 4 is 5.91 Å². The third kappa shape index (κ3) is 2.40. The number of nitrogens with zero attached hydrogens (tertiary/aromatic N) is 1. The first kappa shape index (κ1) is 11.9. The minimum Gasteiger partial charge on any atom is -0.341 e. The molecule has 0 aromatic carbocycles. The van der Waals surface area contributed by atoms with Crippen LogP contribution >= 0.6 is 0 Å². The van der Waals surface area contributed by atoms with Gasteiger partial charge >= 0.3 is 0 Å². The van der Waals surface area contributed by atoms with Crippen LogP contribution in [-0.2, 0) is 4.79 Å². The van der Waals surface area contributed by atoms with Crippen LogP contribution in [0.1, 0.15) is 46.0 Å². The third-order valence-electron chi connectivity index (χ3n) is 4.11. The lowest BCUT2D eigenvalue weighted by molar-refractivity contribution is -0.138. The third-order valence-corrected chi connectivity index (χ3v) is 4.11. The summed E-state index contributed by atoms with van der Waals surface area (Å²) in [4.78, 5) is 14.3. The molecule has 3 heteroatoms. The van der Waals surface area contributed by atoms with Gasteiger partial charge in [-0.15, -0.1) is 0 Å². The molecule has 2 rings (SSSR count). The van der Waals surface area contributed by atoms with Gasteiger partial charge in [0.05, 0.1) is 6.04 Å². The van der Waals surface area contributed by atoms with Crippen molar-refractivity contribution in [3.05, 3.63) is 0 Å². The number of nitrogens with one attached hydrogen (secondary N) is 1. The number of carbonyl (C=O) groups is 1. The summed E-state index contributed by atoms with van der Waals surface area (Å²) in [5.41, 5.74) is 0.420. The molecule has 1 aliphatic heterocycles. The normalized spacial score (nSPS) is 29.0. The zero-order chi connectivity index (χ0) is 11.6. The number of hydrogen-bond acceptors (Lipinski definition) is 2. The lowest BCUT2D eigenvalue weighted by Crippen LogP contribution is -2.54. The smallest absolute Gasteiger partial charge is 0.239 e. The minimum atomic E-state index is 0.0856. The van der Waals surface area contributed by atoms with Crippen molar-refractivity contribution in [2.75, 3.05) is 19.6 Å². The van der Waals surface area contributed by atoms with Crippen molar-refractivity contribution in [3.8, 4) is 0 Å². The molecule has 1 unspecified atom stereocenters. The molecule has 92 valence electrons. The molecule has 1 N–H and O–H groups in total. The van der Waals surface area contributed by atoms with E-state index in [0.29, 0.717) is 11.3 Å². The van der Waals surface area contributed by atoms with E-state index < -0.39 is 0 Å². The van der Waals surface area contributed by atoms with Crippen molar-refractivity contribution in [1.82, 2.24) is 10.2 Å². The first-order chi connectivity index (χ1) is 7.64. The highest BCUT2D eigenvalue weighted by molar-refractivity contribution is 5.82. The molecular weight excluding hydrogens is 200 g/mol. The van der Waals surface area contributed by atoms with E-state index in [1.807, 2.05) is 0 Å². The Kier molecular flexibility index (Phi) is 3.53. The Morgan fingerprint density at radius 3 is 2.75 bits per heavy atom. The van der Waals surface area contributed by atoms with E-state index in [4.69, 9.17) is 0 Å². The molecule has 0 bridgehead atoms. The largest absolute Gasteiger partial charge is 0.341 e. The molecular formula is C13H24N2O. The van der Waals surface area contributed by atoms with Crippen LogP contribution in [0, 0.1) is 5.41 Å². The fraction of sp³-hybridized carbons (Fsp3) is 0.923. The second kappa shape index (κ2) is 4.74. The van der Waals surface area contributed by atoms with Gasteiger partial charge in [0.1, 0.15) is 0 Å². The van der Waals surface area contributed by atoms with Crippen molar-refractivity contribution in [3.63, 3.8) is 0 Å². The van der Waals surface area contributed by atoms with E-state index in [1.54, 1.807) is 0 Å². The Labute approximate surface area is 98.6 Å². The van der Waals surface area contributed by atoms with E-state index in [9.17, 15) is 4.79 Å². The van der Waals surface area contributed by atoms with Crippen LogP contribution in [0.4, 0.5) is 0 Å². The van der Waals surface area contributed by atoms with Gasteiger partial charge < -0.3 is 10.2 Å². The van der Waals surface area contributed by atoms with Crippen LogP contribution in [0.25, 0.3) is 0 Å². The van der Waals surface area contributed by atoms with Crippen LogP contribution in [0.3, 0.4) is 0 Å². The quantitative estimate of drug-likeness (QED) is 0.789. The van der Waals surface area contributed by atoms with E-state index in [0.717, 1.165) is 32.5 Å². The lowest BCUT2D eigenvalue weighted by atomic mass is 9.70. The lowest BCUT2D eigenvalue weighted by Gasteiger charge is -2.44. The molecule has 2 fully saturated rings. The maximum Gasteiger partial charge on any atom is 0.239 e. The SMILES string of the molecule is CCNC1CCCN(CC2(C)CCC2)C1=O. The summed E-state index contributed by atoms with van der Waals surface area (Å²) in [7, 11) is 0. The van der Waals surface area contributed by atoms with E-state index in [-0.39, 0.29) is 6.04 Å². The predicted octanol–water partition coefficient (Wildman–Crippen LogP) is 1.78. The van der Waals surface area contributed by atoms with Gasteiger partial charge in [-0.05, 0) is 37.6 Å². The van der Waals surface area contributed by atoms with E-state index >= 15 is 0 Å². The summed E-state index contributed by atoms with van der Waals surface area (Å²) in [6, 6.07) is 0.0856. The van der Waals surface area contributed by atoms with Gasteiger partial charge in [-0.1, -0.05) is 20.3 Å². The molecule has 3 nitrogen and oxygen atoms in total. The Balaban J connectivity index is 1.91. The van der Waals surface area contributed by atoms with Gasteiger partial charge in [-0.2, -0.15) is 0 Å². The molecule has 1 heterocycles. The van der Waals surface area contributed by atoms with Gasteiger partial charge in [0.2, 0.25) is 5.91 Å². The highest BCUT2D eigenvalue weighted by Crippen LogP contribution is 2.41. The van der Waals surface area contributed by atoms with Crippen molar-refractivity contribution < 1.29 is 4.79 Å². The van der Waals surface area contributed by atoms with Crippen molar-refractivity contribution in [1.29, 1.82) is 0 Å². The van der Waals surface area contributed by atoms with E-state index in [1.165, 1.54) is 19.3 Å². The summed E-state index contributed by atoms with van der Waals surface area (Å²) in [5.74, 6) is 0.334. The van der Waals surface area contributed by atoms with Crippen molar-refractivity contribution in [2.45, 2.75) is 52.0 Å². The van der Waals surface area contributed by atoms with Crippen LogP contribution in [0.2, 0.25) is 0 Å². The first-order valence-electron chi connectivity index (χ1n) is 6.67. The fourth-order valence-electron chi connectivity index (χ4n) is 2.93. The maximum atomic E-state index is 12.2. The fourth-order valence-corrected chi connectivity index (χ4v) is 2.93. The highest BCUT2D eigenvalue weighted by atomic mass is 16.2. The average Bonchev–Trinajstić information content (AvgIpc) is 2.22. The summed E-state index contributed by atoms with van der Waals surface area (Å²) in [5, 5.41) is 3.29. The number of carbonyl (C=O) groups excluding carboxylic acids is 1. The topological polar surface area (TPSA) is 32.3 Å². The Hall–Kier alpha value is -0.570. The predicted molar refractivity (Wildman–Crippen MR) is 65.2 cm³/mol. The first-order valence-corrected chi connectivity index (χ1v) is 6.67. The molecule has 0 spiro atoms. The molecule has 1 saturated carbocycles. The molecule has 1 amide bonds. The molecule has 1 saturated heterocycles. The number of rotatable bonds is 4. The summed E-state index contributed by atoms with van der Waals surface area (Å²) < 4.78 is 0. The zero-order valence-electron chi connectivity index (χ0n) is 10.6. The minimum absolute atomic E-state index is 0.0856. The number of piperidine rings is 1. The van der Waals surface area contributed by atoms with Crippen LogP contribution in [-0.4, -0.2) is 36.5 Å². The van der Waals surface area contributed by atoms with E-state index in [2.05, 4.69) is 24.1 Å². The monoisotopic (exact) mass is 224 g/mol. The molecule has 1 atom stereocenters. The van der Waals surface area contributed by atoms with Crippen molar-refractivity contribution in [2.24, 2.45) is 5.41 Å². The summed E-state index contributed by atoms with van der Waals surface area (Å²) in [6.45, 7) is 7.23. The van der Waals surface area contributed by atoms with Gasteiger partial charge in [0.15, 0.2) is 0 Å². The molecule has 0 radical (unpaired) electrons. The number of likely N-dealkylation sites (N-methyl/N-ethyl adjacent to an activating group) is 1. The van der Waals surface area contributed by atoms with Crippen LogP contribution in [0.5, 0.6) is 0 Å². The number of amides is 1. The molecule has 0 aromatic heterocycles. The summed E-state index contributed by atoms with van der Waals surface area (Å²) >= 11 is 0. The molecule has 0 aromatic rings. The number of hydrogen-bond donors (Lipinski definition) is 1. The molecule has 2 aliphatic rings. The average molecular weight is 224 g/mol. The van der Waals surface area contributed by atoms with Crippen LogP contribution in [0.15, 0.2) is 0 Å². The second-order valence-electron chi connectivity index (χ2n) is 5.68. The Morgan fingerprint density at radius 2 is 2.19 bits per heavy atom. The van der Waals surface area contributed by atoms with Gasteiger partial charge in [0, 0.05) is 13.1 Å².